The van der Waals surface area contributed by atoms with Crippen LogP contribution in [-0.2, 0) is 6.42 Å². The molecular formula is C19H16F2N2OS. The maximum atomic E-state index is 13.4. The van der Waals surface area contributed by atoms with Crippen molar-refractivity contribution in [3.8, 4) is 18.1 Å². The van der Waals surface area contributed by atoms with Gasteiger partial charge in [-0.3, -0.25) is 0 Å². The molecule has 1 aromatic heterocycles. The molecule has 0 unspecified atom stereocenters. The van der Waals surface area contributed by atoms with Gasteiger partial charge >= 0.3 is 0 Å². The number of rotatable bonds is 6. The minimum atomic E-state index is -0.897. The van der Waals surface area contributed by atoms with Crippen LogP contribution in [0, 0.1) is 24.0 Å². The van der Waals surface area contributed by atoms with Crippen LogP contribution in [0.1, 0.15) is 5.56 Å². The van der Waals surface area contributed by atoms with Crippen LogP contribution in [0.25, 0.3) is 10.2 Å². The average Bonchev–Trinajstić information content (AvgIpc) is 3.02. The van der Waals surface area contributed by atoms with Crippen molar-refractivity contribution in [2.45, 2.75) is 6.42 Å². The standard InChI is InChI=1S/C19H16F2N2OS/c1-3-9-23(10-8-13-4-6-14(24-2)7-5-13)19-22-17-11-15(20)16(21)12-18(17)25-19/h1,4-7,11-12H,8-10H2,2H3. The summed E-state index contributed by atoms with van der Waals surface area (Å²) in [6.07, 6.45) is 6.23. The molecule has 0 spiro atoms. The van der Waals surface area contributed by atoms with E-state index in [1.54, 1.807) is 7.11 Å². The van der Waals surface area contributed by atoms with Crippen LogP contribution in [0.3, 0.4) is 0 Å². The molecule has 2 aromatic carbocycles. The lowest BCUT2D eigenvalue weighted by Crippen LogP contribution is -2.26. The largest absolute Gasteiger partial charge is 0.497 e. The zero-order valence-electron chi connectivity index (χ0n) is 13.6. The second-order valence-corrected chi connectivity index (χ2v) is 6.46. The molecule has 0 fully saturated rings. The zero-order chi connectivity index (χ0) is 17.8. The molecule has 0 saturated carbocycles. The van der Waals surface area contributed by atoms with Gasteiger partial charge in [0.25, 0.3) is 0 Å². The number of nitrogens with zero attached hydrogens (tertiary/aromatic N) is 2. The van der Waals surface area contributed by atoms with E-state index >= 15 is 0 Å². The van der Waals surface area contributed by atoms with Crippen molar-refractivity contribution < 1.29 is 13.5 Å². The van der Waals surface area contributed by atoms with E-state index in [1.165, 1.54) is 17.4 Å². The van der Waals surface area contributed by atoms with Crippen LogP contribution in [0.2, 0.25) is 0 Å². The van der Waals surface area contributed by atoms with Crippen molar-refractivity contribution >= 4 is 26.7 Å². The van der Waals surface area contributed by atoms with Gasteiger partial charge in [0.15, 0.2) is 16.8 Å². The Hall–Kier alpha value is -2.65. The summed E-state index contributed by atoms with van der Waals surface area (Å²) in [6.45, 7) is 1.03. The van der Waals surface area contributed by atoms with E-state index in [0.717, 1.165) is 23.8 Å². The molecule has 0 saturated heterocycles. The monoisotopic (exact) mass is 358 g/mol. The highest BCUT2D eigenvalue weighted by Crippen LogP contribution is 2.30. The molecule has 0 radical (unpaired) electrons. The minimum absolute atomic E-state index is 0.376. The number of ether oxygens (including phenoxy) is 1. The molecule has 0 aliphatic carbocycles. The Morgan fingerprint density at radius 3 is 2.60 bits per heavy atom. The number of terminal acetylenes is 1. The van der Waals surface area contributed by atoms with Gasteiger partial charge in [0, 0.05) is 12.6 Å². The first kappa shape index (κ1) is 17.2. The lowest BCUT2D eigenvalue weighted by Gasteiger charge is -2.19. The molecule has 1 heterocycles. The van der Waals surface area contributed by atoms with Gasteiger partial charge in [0.05, 0.1) is 23.9 Å². The Kier molecular flexibility index (Phi) is 5.15. The van der Waals surface area contributed by atoms with E-state index in [1.807, 2.05) is 29.2 Å². The molecule has 0 aliphatic heterocycles. The highest BCUT2D eigenvalue weighted by molar-refractivity contribution is 7.22. The SMILES string of the molecule is C#CCN(CCc1ccc(OC)cc1)c1nc2cc(F)c(F)cc2s1. The molecule has 3 rings (SSSR count). The van der Waals surface area contributed by atoms with Crippen LogP contribution in [-0.4, -0.2) is 25.2 Å². The van der Waals surface area contributed by atoms with Gasteiger partial charge in [-0.1, -0.05) is 29.4 Å². The Morgan fingerprint density at radius 2 is 1.92 bits per heavy atom. The lowest BCUT2D eigenvalue weighted by atomic mass is 10.1. The first-order valence-electron chi connectivity index (χ1n) is 7.67. The maximum Gasteiger partial charge on any atom is 0.187 e. The molecule has 0 amide bonds. The predicted octanol–water partition coefficient (Wildman–Crippen LogP) is 4.27. The number of aromatic nitrogens is 1. The van der Waals surface area contributed by atoms with E-state index in [0.29, 0.717) is 28.4 Å². The number of hydrogen-bond acceptors (Lipinski definition) is 4. The van der Waals surface area contributed by atoms with E-state index in [4.69, 9.17) is 11.2 Å². The molecule has 3 aromatic rings. The maximum absolute atomic E-state index is 13.4. The van der Waals surface area contributed by atoms with E-state index in [2.05, 4.69) is 10.9 Å². The third-order valence-corrected chi connectivity index (χ3v) is 4.88. The normalized spacial score (nSPS) is 10.6. The minimum Gasteiger partial charge on any atom is -0.497 e. The van der Waals surface area contributed by atoms with Gasteiger partial charge in [0.1, 0.15) is 5.75 Å². The van der Waals surface area contributed by atoms with Crippen molar-refractivity contribution in [3.05, 3.63) is 53.6 Å². The first-order chi connectivity index (χ1) is 12.1. The van der Waals surface area contributed by atoms with Crippen LogP contribution in [0.5, 0.6) is 5.75 Å². The zero-order valence-corrected chi connectivity index (χ0v) is 14.4. The second kappa shape index (κ2) is 7.49. The number of methoxy groups -OCH3 is 1. The molecule has 0 aliphatic rings. The Labute approximate surface area is 148 Å². The molecule has 3 nitrogen and oxygen atoms in total. The number of benzene rings is 2. The summed E-state index contributed by atoms with van der Waals surface area (Å²) in [5.41, 5.74) is 1.58. The van der Waals surface area contributed by atoms with Gasteiger partial charge in [0.2, 0.25) is 0 Å². The summed E-state index contributed by atoms with van der Waals surface area (Å²) < 4.78 is 32.5. The van der Waals surface area contributed by atoms with Crippen molar-refractivity contribution in [2.75, 3.05) is 25.1 Å². The fourth-order valence-corrected chi connectivity index (χ4v) is 3.45. The molecule has 6 heteroatoms. The number of hydrogen-bond donors (Lipinski definition) is 0. The van der Waals surface area contributed by atoms with Gasteiger partial charge in [-0.15, -0.1) is 6.42 Å². The predicted molar refractivity (Wildman–Crippen MR) is 97.3 cm³/mol. The number of thiazole rings is 1. The first-order valence-corrected chi connectivity index (χ1v) is 8.49. The van der Waals surface area contributed by atoms with Crippen LogP contribution >= 0.6 is 11.3 Å². The summed E-state index contributed by atoms with van der Waals surface area (Å²) in [7, 11) is 1.63. The second-order valence-electron chi connectivity index (χ2n) is 5.45. The number of halogens is 2. The van der Waals surface area contributed by atoms with E-state index < -0.39 is 11.6 Å². The van der Waals surface area contributed by atoms with Gasteiger partial charge < -0.3 is 9.64 Å². The van der Waals surface area contributed by atoms with Gasteiger partial charge in [-0.25, -0.2) is 13.8 Å². The number of anilines is 1. The van der Waals surface area contributed by atoms with Gasteiger partial charge in [-0.2, -0.15) is 0 Å². The lowest BCUT2D eigenvalue weighted by molar-refractivity contribution is 0.414. The van der Waals surface area contributed by atoms with Crippen LogP contribution in [0.15, 0.2) is 36.4 Å². The fourth-order valence-electron chi connectivity index (χ4n) is 2.46. The Bertz CT molecular complexity index is 877. The third-order valence-electron chi connectivity index (χ3n) is 3.80. The van der Waals surface area contributed by atoms with Crippen molar-refractivity contribution in [2.24, 2.45) is 0 Å². The summed E-state index contributed by atoms with van der Waals surface area (Å²) in [5.74, 6) is 1.65. The Balaban J connectivity index is 1.79. The Morgan fingerprint density at radius 1 is 1.20 bits per heavy atom. The summed E-state index contributed by atoms with van der Waals surface area (Å²) >= 11 is 1.30. The van der Waals surface area contributed by atoms with Crippen LogP contribution < -0.4 is 9.64 Å². The molecule has 0 atom stereocenters. The fraction of sp³-hybridized carbons (Fsp3) is 0.211. The smallest absolute Gasteiger partial charge is 0.187 e. The molecular weight excluding hydrogens is 342 g/mol. The van der Waals surface area contributed by atoms with Crippen molar-refractivity contribution in [1.29, 1.82) is 0 Å². The highest BCUT2D eigenvalue weighted by Gasteiger charge is 2.14. The summed E-state index contributed by atoms with van der Waals surface area (Å²) in [4.78, 5) is 6.33. The highest BCUT2D eigenvalue weighted by atomic mass is 32.1. The average molecular weight is 358 g/mol. The van der Waals surface area contributed by atoms with E-state index in [9.17, 15) is 8.78 Å². The summed E-state index contributed by atoms with van der Waals surface area (Å²) in [6, 6.07) is 10.1. The third kappa shape index (κ3) is 3.89. The quantitative estimate of drug-likeness (QED) is 0.616. The van der Waals surface area contributed by atoms with Crippen LogP contribution in [0.4, 0.5) is 13.9 Å². The molecule has 0 bridgehead atoms. The molecule has 0 N–H and O–H groups in total. The summed E-state index contributed by atoms with van der Waals surface area (Å²) in [5, 5.41) is 0.659. The molecule has 25 heavy (non-hydrogen) atoms. The van der Waals surface area contributed by atoms with E-state index in [-0.39, 0.29) is 0 Å². The van der Waals surface area contributed by atoms with Gasteiger partial charge in [-0.05, 0) is 30.2 Å². The topological polar surface area (TPSA) is 25.4 Å². The molecule has 128 valence electrons. The number of fused-ring (bicyclic) bond motifs is 1. The van der Waals surface area contributed by atoms with Crippen molar-refractivity contribution in [3.63, 3.8) is 0 Å². The van der Waals surface area contributed by atoms with Crippen molar-refractivity contribution in [1.82, 2.24) is 4.98 Å².